The number of imidazole rings is 1. The fourth-order valence-electron chi connectivity index (χ4n) is 5.28. The van der Waals surface area contributed by atoms with Gasteiger partial charge in [0.25, 0.3) is 0 Å². The van der Waals surface area contributed by atoms with E-state index in [1.54, 1.807) is 0 Å². The summed E-state index contributed by atoms with van der Waals surface area (Å²) in [5, 5.41) is 26.9. The normalized spacial score (nSPS) is 28.2. The molecule has 2 aromatic rings. The highest BCUT2D eigenvalue weighted by molar-refractivity contribution is 8.26. The fraction of sp³-hybridized carbons (Fsp3) is 0.583. The molecule has 0 bridgehead atoms. The molecular weight excluding hydrogens is 469 g/mol. The Morgan fingerprint density at radius 1 is 1.32 bits per heavy atom. The van der Waals surface area contributed by atoms with Crippen LogP contribution in [0.3, 0.4) is 0 Å². The second kappa shape index (κ2) is 7.79. The van der Waals surface area contributed by atoms with E-state index in [1.807, 2.05) is 16.8 Å². The van der Waals surface area contributed by atoms with Crippen LogP contribution in [0, 0.1) is 33.5 Å². The van der Waals surface area contributed by atoms with Crippen LogP contribution in [0.2, 0.25) is 0 Å². The Balaban J connectivity index is 1.36. The average Bonchev–Trinajstić information content (AvgIpc) is 3.75. The molecule has 2 unspecified atom stereocenters. The predicted octanol–water partition coefficient (Wildman–Crippen LogP) is 4.37. The third-order valence-electron chi connectivity index (χ3n) is 8.16. The maximum atomic E-state index is 13.5. The third-order valence-corrected chi connectivity index (χ3v) is 10.1. The second-order valence-corrected chi connectivity index (χ2v) is 12.5. The lowest BCUT2D eigenvalue weighted by Gasteiger charge is -2.30. The van der Waals surface area contributed by atoms with Crippen LogP contribution >= 0.6 is 23.7 Å². The molecular formula is C24H28FN7S2. The molecule has 0 radical (unpaired) electrons. The first-order valence-electron chi connectivity index (χ1n) is 11.8. The Bertz CT molecular complexity index is 1240. The quantitative estimate of drug-likeness (QED) is 0.298. The van der Waals surface area contributed by atoms with E-state index in [-0.39, 0.29) is 22.2 Å². The lowest BCUT2D eigenvalue weighted by Crippen LogP contribution is -2.33. The molecule has 2 aromatic heterocycles. The first-order chi connectivity index (χ1) is 16.3. The number of thioether (sulfide) groups is 1. The van der Waals surface area contributed by atoms with Crippen LogP contribution in [0.1, 0.15) is 49.9 Å². The van der Waals surface area contributed by atoms with Crippen molar-refractivity contribution in [3.05, 3.63) is 29.8 Å². The van der Waals surface area contributed by atoms with Gasteiger partial charge in [-0.1, -0.05) is 11.8 Å². The van der Waals surface area contributed by atoms with Crippen LogP contribution < -0.4 is 4.72 Å². The zero-order valence-corrected chi connectivity index (χ0v) is 20.8. The van der Waals surface area contributed by atoms with Crippen molar-refractivity contribution >= 4 is 39.3 Å². The number of hydrogen-bond acceptors (Lipinski definition) is 8. The summed E-state index contributed by atoms with van der Waals surface area (Å²) in [5.41, 5.74) is 1.30. The number of aromatic nitrogens is 2. The molecule has 0 spiro atoms. The molecule has 10 heteroatoms. The van der Waals surface area contributed by atoms with Crippen molar-refractivity contribution in [1.29, 1.82) is 16.1 Å². The van der Waals surface area contributed by atoms with E-state index in [0.29, 0.717) is 24.6 Å². The summed E-state index contributed by atoms with van der Waals surface area (Å²) in [6.07, 6.45) is 9.18. The van der Waals surface area contributed by atoms with Gasteiger partial charge in [0.1, 0.15) is 17.1 Å². The number of nitrogens with one attached hydrogen (secondary N) is 3. The predicted molar refractivity (Wildman–Crippen MR) is 133 cm³/mol. The Labute approximate surface area is 207 Å². The van der Waals surface area contributed by atoms with Crippen molar-refractivity contribution in [2.45, 2.75) is 54.4 Å². The maximum Gasteiger partial charge on any atom is 0.169 e. The fourth-order valence-corrected chi connectivity index (χ4v) is 7.10. The minimum atomic E-state index is -0.709. The minimum Gasteiger partial charge on any atom is -0.306 e. The van der Waals surface area contributed by atoms with E-state index < -0.39 is 11.0 Å². The molecule has 34 heavy (non-hydrogen) atoms. The Hall–Kier alpha value is -1.93. The summed E-state index contributed by atoms with van der Waals surface area (Å²) in [7, 11) is 2.18. The summed E-state index contributed by atoms with van der Waals surface area (Å²) in [6.45, 7) is 1.78. The lowest BCUT2D eigenvalue weighted by atomic mass is 9.87. The average molecular weight is 498 g/mol. The summed E-state index contributed by atoms with van der Waals surface area (Å²) in [6, 6.07) is 4.48. The molecule has 1 aliphatic heterocycles. The molecule has 0 amide bonds. The monoisotopic (exact) mass is 497 g/mol. The highest BCUT2D eigenvalue weighted by Crippen LogP contribution is 2.60. The second-order valence-electron chi connectivity index (χ2n) is 10.6. The number of nitriles is 1. The van der Waals surface area contributed by atoms with Gasteiger partial charge in [-0.05, 0) is 81.6 Å². The van der Waals surface area contributed by atoms with Gasteiger partial charge in [-0.2, -0.15) is 5.26 Å². The van der Waals surface area contributed by atoms with Crippen LogP contribution in [-0.4, -0.2) is 56.7 Å². The van der Waals surface area contributed by atoms with Crippen LogP contribution in [0.25, 0.3) is 5.52 Å². The van der Waals surface area contributed by atoms with E-state index in [2.05, 4.69) is 33.8 Å². The number of nitrogens with zero attached hydrogens (tertiary/aromatic N) is 4. The molecule has 6 rings (SSSR count). The molecule has 0 aromatic carbocycles. The number of pyridine rings is 1. The molecule has 3 aliphatic carbocycles. The summed E-state index contributed by atoms with van der Waals surface area (Å²) in [5.74, 6) is 1.12. The van der Waals surface area contributed by atoms with Gasteiger partial charge in [0.15, 0.2) is 5.82 Å². The van der Waals surface area contributed by atoms with Crippen molar-refractivity contribution in [3.63, 3.8) is 0 Å². The smallest absolute Gasteiger partial charge is 0.169 e. The molecule has 2 atom stereocenters. The van der Waals surface area contributed by atoms with Crippen LogP contribution in [0.4, 0.5) is 4.39 Å². The van der Waals surface area contributed by atoms with Gasteiger partial charge < -0.3 is 4.90 Å². The van der Waals surface area contributed by atoms with Crippen molar-refractivity contribution in [1.82, 2.24) is 19.0 Å². The molecule has 178 valence electrons. The first-order valence-corrected chi connectivity index (χ1v) is 13.4. The van der Waals surface area contributed by atoms with E-state index in [4.69, 9.17) is 10.8 Å². The first kappa shape index (κ1) is 22.5. The molecule has 3 heterocycles. The highest BCUT2D eigenvalue weighted by atomic mass is 32.2. The molecule has 3 saturated carbocycles. The van der Waals surface area contributed by atoms with E-state index in [1.165, 1.54) is 17.5 Å². The Morgan fingerprint density at radius 3 is 2.76 bits per heavy atom. The van der Waals surface area contributed by atoms with Crippen LogP contribution in [0.5, 0.6) is 0 Å². The molecule has 4 aliphatic rings. The minimum absolute atomic E-state index is 0.139. The highest BCUT2D eigenvalue weighted by Gasteiger charge is 2.58. The van der Waals surface area contributed by atoms with E-state index in [9.17, 15) is 9.65 Å². The molecule has 1 saturated heterocycles. The van der Waals surface area contributed by atoms with Crippen molar-refractivity contribution in [3.8, 4) is 6.07 Å². The van der Waals surface area contributed by atoms with Gasteiger partial charge in [-0.15, -0.1) is 0 Å². The summed E-state index contributed by atoms with van der Waals surface area (Å²) >= 11 is 2.51. The largest absolute Gasteiger partial charge is 0.306 e. The van der Waals surface area contributed by atoms with Gasteiger partial charge in [0, 0.05) is 23.1 Å². The Kier molecular flexibility index (Phi) is 5.16. The zero-order chi connectivity index (χ0) is 23.7. The Morgan fingerprint density at radius 2 is 2.12 bits per heavy atom. The van der Waals surface area contributed by atoms with Gasteiger partial charge >= 0.3 is 0 Å². The SMILES string of the molecule is CN1CCC2(c3cc(SNC4(CF)CC4)cn4c(C(=N)SC(=N)C5(C#N)CC5)ncc34)CC2C1. The van der Waals surface area contributed by atoms with Crippen LogP contribution in [0.15, 0.2) is 23.4 Å². The maximum absolute atomic E-state index is 13.5. The zero-order valence-electron chi connectivity index (χ0n) is 19.2. The van der Waals surface area contributed by atoms with Crippen molar-refractivity contribution < 1.29 is 4.39 Å². The molecule has 7 nitrogen and oxygen atoms in total. The van der Waals surface area contributed by atoms with Gasteiger partial charge in [-0.3, -0.25) is 19.9 Å². The van der Waals surface area contributed by atoms with Crippen molar-refractivity contribution in [2.24, 2.45) is 11.3 Å². The van der Waals surface area contributed by atoms with Gasteiger partial charge in [0.05, 0.1) is 28.4 Å². The number of halogens is 1. The van der Waals surface area contributed by atoms with Crippen LogP contribution in [-0.2, 0) is 5.41 Å². The lowest BCUT2D eigenvalue weighted by molar-refractivity contribution is 0.248. The third kappa shape index (κ3) is 3.60. The number of piperidine rings is 1. The molecule has 4 fully saturated rings. The van der Waals surface area contributed by atoms with E-state index >= 15 is 0 Å². The molecule has 3 N–H and O–H groups in total. The number of fused-ring (bicyclic) bond motifs is 2. The number of hydrogen-bond donors (Lipinski definition) is 3. The summed E-state index contributed by atoms with van der Waals surface area (Å²) < 4.78 is 18.8. The van der Waals surface area contributed by atoms with Crippen molar-refractivity contribution in [2.75, 3.05) is 26.8 Å². The number of likely N-dealkylation sites (tertiary alicyclic amines) is 1. The van der Waals surface area contributed by atoms with Gasteiger partial charge in [0.2, 0.25) is 0 Å². The van der Waals surface area contributed by atoms with E-state index in [0.717, 1.165) is 60.9 Å². The number of alkyl halides is 1. The number of rotatable bonds is 7. The standard InChI is InChI=1S/C24H28FN7S2/c1-31-7-6-24(9-15(24)11-31)17-8-16(34-30-23(13-25)4-5-23)12-32-18(17)10-29-20(32)19(27)33-21(28)22(14-26)2-3-22/h8,10,12,15,27-28,30H,2-7,9,11,13H2,1H3. The topological polar surface area (TPSA) is 104 Å². The summed E-state index contributed by atoms with van der Waals surface area (Å²) in [4.78, 5) is 8.00. The van der Waals surface area contributed by atoms with Gasteiger partial charge in [-0.25, -0.2) is 9.37 Å².